The van der Waals surface area contributed by atoms with Gasteiger partial charge in [0.25, 0.3) is 0 Å². The maximum Gasteiger partial charge on any atom is 0.307 e. The lowest BCUT2D eigenvalue weighted by Crippen LogP contribution is -2.34. The van der Waals surface area contributed by atoms with Crippen molar-refractivity contribution in [2.45, 2.75) is 19.8 Å². The Bertz CT molecular complexity index is 636. The van der Waals surface area contributed by atoms with Crippen LogP contribution in [0.4, 0.5) is 11.4 Å². The van der Waals surface area contributed by atoms with E-state index in [-0.39, 0.29) is 11.8 Å². The summed E-state index contributed by atoms with van der Waals surface area (Å²) in [5.41, 5.74) is 1.30. The molecule has 6 heteroatoms. The fraction of sp³-hybridized carbons (Fsp3) is 0.353. The molecule has 0 aromatic heterocycles. The second kappa shape index (κ2) is 7.09. The molecule has 0 heterocycles. The lowest BCUT2D eigenvalue weighted by Gasteiger charge is -2.24. The number of hydrogen-bond donors (Lipinski definition) is 2. The number of anilines is 2. The first-order chi connectivity index (χ1) is 10.9. The van der Waals surface area contributed by atoms with E-state index >= 15 is 0 Å². The first-order valence-electron chi connectivity index (χ1n) is 7.43. The zero-order valence-electron chi connectivity index (χ0n) is 13.2. The Morgan fingerprint density at radius 1 is 1.09 bits per heavy atom. The van der Waals surface area contributed by atoms with E-state index in [4.69, 9.17) is 0 Å². The molecule has 2 N–H and O–H groups in total. The van der Waals surface area contributed by atoms with Crippen LogP contribution in [-0.4, -0.2) is 29.9 Å². The van der Waals surface area contributed by atoms with Gasteiger partial charge in [0.2, 0.25) is 11.8 Å². The van der Waals surface area contributed by atoms with Crippen molar-refractivity contribution >= 4 is 29.2 Å². The van der Waals surface area contributed by atoms with Crippen molar-refractivity contribution < 1.29 is 19.5 Å². The van der Waals surface area contributed by atoms with Crippen molar-refractivity contribution in [2.75, 3.05) is 17.3 Å². The van der Waals surface area contributed by atoms with Gasteiger partial charge in [-0.05, 0) is 37.1 Å². The van der Waals surface area contributed by atoms with Crippen LogP contribution in [0.1, 0.15) is 19.8 Å². The van der Waals surface area contributed by atoms with Crippen molar-refractivity contribution in [1.82, 2.24) is 0 Å². The number of benzene rings is 1. The maximum atomic E-state index is 12.3. The maximum absolute atomic E-state index is 12.3. The average molecular weight is 316 g/mol. The summed E-state index contributed by atoms with van der Waals surface area (Å²) in [7, 11) is 1.67. The Kier molecular flexibility index (Phi) is 5.16. The number of carboxylic acid groups (broad SMARTS) is 1. The number of carbonyl (C=O) groups is 3. The fourth-order valence-corrected chi connectivity index (χ4v) is 2.56. The smallest absolute Gasteiger partial charge is 0.307 e. The predicted octanol–water partition coefficient (Wildman–Crippen LogP) is 2.27. The molecule has 0 aliphatic heterocycles. The molecule has 1 aromatic carbocycles. The van der Waals surface area contributed by atoms with E-state index in [2.05, 4.69) is 5.32 Å². The number of aliphatic carboxylic acids is 1. The number of amides is 2. The predicted molar refractivity (Wildman–Crippen MR) is 87.1 cm³/mol. The molecule has 23 heavy (non-hydrogen) atoms. The number of allylic oxidation sites excluding steroid dienone is 2. The first-order valence-corrected chi connectivity index (χ1v) is 7.43. The van der Waals surface area contributed by atoms with Gasteiger partial charge in [-0.3, -0.25) is 14.4 Å². The summed E-state index contributed by atoms with van der Waals surface area (Å²) in [4.78, 5) is 36.4. The van der Waals surface area contributed by atoms with Gasteiger partial charge >= 0.3 is 5.97 Å². The first kappa shape index (κ1) is 16.7. The summed E-state index contributed by atoms with van der Waals surface area (Å²) in [6.07, 6.45) is 4.44. The zero-order chi connectivity index (χ0) is 17.0. The fourth-order valence-electron chi connectivity index (χ4n) is 2.56. The average Bonchev–Trinajstić information content (AvgIpc) is 2.54. The molecule has 1 aromatic rings. The van der Waals surface area contributed by atoms with Crippen molar-refractivity contribution in [1.29, 1.82) is 0 Å². The lowest BCUT2D eigenvalue weighted by molar-refractivity contribution is -0.146. The van der Waals surface area contributed by atoms with Crippen LogP contribution in [0.2, 0.25) is 0 Å². The van der Waals surface area contributed by atoms with Crippen LogP contribution < -0.4 is 10.2 Å². The highest BCUT2D eigenvalue weighted by Gasteiger charge is 2.33. The third-order valence-corrected chi connectivity index (χ3v) is 4.08. The summed E-state index contributed by atoms with van der Waals surface area (Å²) >= 11 is 0. The summed E-state index contributed by atoms with van der Waals surface area (Å²) in [5, 5.41) is 12.0. The van der Waals surface area contributed by atoms with Crippen LogP contribution in [0.25, 0.3) is 0 Å². The summed E-state index contributed by atoms with van der Waals surface area (Å²) < 4.78 is 0. The third-order valence-electron chi connectivity index (χ3n) is 4.08. The van der Waals surface area contributed by atoms with Gasteiger partial charge < -0.3 is 15.3 Å². The van der Waals surface area contributed by atoms with Crippen LogP contribution in [0.3, 0.4) is 0 Å². The number of rotatable bonds is 4. The summed E-state index contributed by atoms with van der Waals surface area (Å²) in [6, 6.07) is 6.85. The molecule has 0 saturated heterocycles. The van der Waals surface area contributed by atoms with E-state index < -0.39 is 17.8 Å². The normalized spacial score (nSPS) is 19.9. The molecule has 0 bridgehead atoms. The molecule has 0 radical (unpaired) electrons. The molecule has 0 saturated carbocycles. The van der Waals surface area contributed by atoms with Gasteiger partial charge in [0.05, 0.1) is 11.8 Å². The molecule has 0 fully saturated rings. The van der Waals surface area contributed by atoms with Gasteiger partial charge in [0.15, 0.2) is 0 Å². The quantitative estimate of drug-likeness (QED) is 0.834. The highest BCUT2D eigenvalue weighted by atomic mass is 16.4. The van der Waals surface area contributed by atoms with E-state index in [9.17, 15) is 19.5 Å². The van der Waals surface area contributed by atoms with Gasteiger partial charge in [-0.15, -0.1) is 0 Å². The van der Waals surface area contributed by atoms with E-state index in [1.807, 2.05) is 6.08 Å². The SMILES string of the molecule is CC(=O)N(C)c1ccc(NC(=O)[C@H]2CC=CC[C@@H]2C(=O)O)cc1. The van der Waals surface area contributed by atoms with Gasteiger partial charge in [0, 0.05) is 25.3 Å². The number of carbonyl (C=O) groups excluding carboxylic acids is 2. The van der Waals surface area contributed by atoms with E-state index in [1.165, 1.54) is 11.8 Å². The monoisotopic (exact) mass is 316 g/mol. The molecule has 2 rings (SSSR count). The number of nitrogens with one attached hydrogen (secondary N) is 1. The molecule has 0 unspecified atom stereocenters. The molecule has 1 aliphatic carbocycles. The van der Waals surface area contributed by atoms with Crippen molar-refractivity contribution in [2.24, 2.45) is 11.8 Å². The highest BCUT2D eigenvalue weighted by Crippen LogP contribution is 2.27. The Hall–Kier alpha value is -2.63. The number of hydrogen-bond acceptors (Lipinski definition) is 3. The molecule has 2 amide bonds. The van der Waals surface area contributed by atoms with Gasteiger partial charge in [-0.1, -0.05) is 12.2 Å². The minimum atomic E-state index is -0.951. The molecule has 2 atom stereocenters. The van der Waals surface area contributed by atoms with E-state index in [0.717, 1.165) is 5.69 Å². The van der Waals surface area contributed by atoms with Crippen molar-refractivity contribution in [3.63, 3.8) is 0 Å². The van der Waals surface area contributed by atoms with Gasteiger partial charge in [-0.25, -0.2) is 0 Å². The Balaban J connectivity index is 2.06. The van der Waals surface area contributed by atoms with Crippen LogP contribution in [0, 0.1) is 11.8 Å². The third kappa shape index (κ3) is 3.97. The zero-order valence-corrected chi connectivity index (χ0v) is 13.2. The second-order valence-corrected chi connectivity index (χ2v) is 5.61. The Labute approximate surface area is 134 Å². The van der Waals surface area contributed by atoms with Crippen LogP contribution in [0.5, 0.6) is 0 Å². The second-order valence-electron chi connectivity index (χ2n) is 5.61. The van der Waals surface area contributed by atoms with Crippen LogP contribution in [0.15, 0.2) is 36.4 Å². The summed E-state index contributed by atoms with van der Waals surface area (Å²) in [6.45, 7) is 1.47. The Morgan fingerprint density at radius 3 is 2.17 bits per heavy atom. The number of carboxylic acids is 1. The van der Waals surface area contributed by atoms with Gasteiger partial charge in [-0.2, -0.15) is 0 Å². The minimum absolute atomic E-state index is 0.0833. The largest absolute Gasteiger partial charge is 0.481 e. The molecular formula is C17H20N2O4. The van der Waals surface area contributed by atoms with Crippen LogP contribution in [-0.2, 0) is 14.4 Å². The van der Waals surface area contributed by atoms with Crippen molar-refractivity contribution in [3.8, 4) is 0 Å². The van der Waals surface area contributed by atoms with Crippen LogP contribution >= 0.6 is 0 Å². The van der Waals surface area contributed by atoms with Gasteiger partial charge in [0.1, 0.15) is 0 Å². The van der Waals surface area contributed by atoms with Crippen molar-refractivity contribution in [3.05, 3.63) is 36.4 Å². The lowest BCUT2D eigenvalue weighted by atomic mass is 9.82. The molecule has 1 aliphatic rings. The molecular weight excluding hydrogens is 296 g/mol. The molecule has 122 valence electrons. The molecule has 0 spiro atoms. The standard InChI is InChI=1S/C17H20N2O4/c1-11(20)19(2)13-9-7-12(8-10-13)18-16(21)14-5-3-4-6-15(14)17(22)23/h3-4,7-10,14-15H,5-6H2,1-2H3,(H,18,21)(H,22,23)/t14-,15-/m0/s1. The number of nitrogens with zero attached hydrogens (tertiary/aromatic N) is 1. The van der Waals surface area contributed by atoms with E-state index in [0.29, 0.717) is 18.5 Å². The highest BCUT2D eigenvalue weighted by molar-refractivity contribution is 5.96. The molecule has 6 nitrogen and oxygen atoms in total. The Morgan fingerprint density at radius 2 is 1.65 bits per heavy atom. The topological polar surface area (TPSA) is 86.7 Å². The summed E-state index contributed by atoms with van der Waals surface area (Å²) in [5.74, 6) is -2.59. The minimum Gasteiger partial charge on any atom is -0.481 e. The van der Waals surface area contributed by atoms with E-state index in [1.54, 1.807) is 37.4 Å².